The monoisotopic (exact) mass is 675 g/mol. The van der Waals surface area contributed by atoms with Crippen LogP contribution >= 0.6 is 0 Å². The summed E-state index contributed by atoms with van der Waals surface area (Å²) in [5.41, 5.74) is 7.28. The smallest absolute Gasteiger partial charge is 0.164 e. The Morgan fingerprint density at radius 2 is 0.792 bits per heavy atom. The maximum atomic E-state index is 6.87. The fourth-order valence-electron chi connectivity index (χ4n) is 7.97. The molecule has 1 aliphatic rings. The quantitative estimate of drug-likeness (QED) is 0.170. The van der Waals surface area contributed by atoms with Gasteiger partial charge in [-0.15, -0.1) is 0 Å². The number of rotatable bonds is 5. The lowest BCUT2D eigenvalue weighted by Crippen LogP contribution is -2.01. The molecule has 0 amide bonds. The summed E-state index contributed by atoms with van der Waals surface area (Å²) in [5.74, 6) is 3.68. The van der Waals surface area contributed by atoms with E-state index in [1.54, 1.807) is 0 Å². The number of benzene rings is 9. The van der Waals surface area contributed by atoms with Gasteiger partial charge in [0, 0.05) is 38.4 Å². The van der Waals surface area contributed by atoms with Gasteiger partial charge in [0.2, 0.25) is 0 Å². The van der Waals surface area contributed by atoms with E-state index in [1.165, 1.54) is 32.5 Å². The molecular weight excluding hydrogens is 647 g/mol. The molecule has 9 aromatic carbocycles. The van der Waals surface area contributed by atoms with E-state index < -0.39 is 0 Å². The topological polar surface area (TPSA) is 47.9 Å². The van der Waals surface area contributed by atoms with E-state index in [-0.39, 0.29) is 0 Å². The van der Waals surface area contributed by atoms with Crippen molar-refractivity contribution >= 4 is 43.1 Å². The van der Waals surface area contributed by atoms with E-state index in [0.29, 0.717) is 17.5 Å². The number of hydrogen-bond donors (Lipinski definition) is 0. The first kappa shape index (κ1) is 29.5. The Labute approximate surface area is 305 Å². The van der Waals surface area contributed by atoms with E-state index >= 15 is 0 Å². The van der Waals surface area contributed by atoms with Crippen molar-refractivity contribution in [1.29, 1.82) is 0 Å². The maximum absolute atomic E-state index is 6.87. The number of ether oxygens (including phenoxy) is 1. The van der Waals surface area contributed by atoms with Gasteiger partial charge in [0.25, 0.3) is 0 Å². The molecule has 0 saturated carbocycles. The molecule has 4 nitrogen and oxygen atoms in total. The van der Waals surface area contributed by atoms with Crippen LogP contribution in [0.1, 0.15) is 0 Å². The molecule has 0 fully saturated rings. The van der Waals surface area contributed by atoms with Crippen molar-refractivity contribution in [3.05, 3.63) is 176 Å². The predicted molar refractivity (Wildman–Crippen MR) is 217 cm³/mol. The summed E-state index contributed by atoms with van der Waals surface area (Å²) in [6, 6.07) is 61.4. The van der Waals surface area contributed by atoms with Crippen molar-refractivity contribution in [2.24, 2.45) is 0 Å². The van der Waals surface area contributed by atoms with Crippen molar-refractivity contribution < 1.29 is 4.74 Å². The molecule has 0 atom stereocenters. The zero-order chi connectivity index (χ0) is 34.9. The molecule has 0 aliphatic carbocycles. The molecule has 11 rings (SSSR count). The van der Waals surface area contributed by atoms with E-state index in [1.807, 2.05) is 36.4 Å². The Balaban J connectivity index is 1.10. The third kappa shape index (κ3) is 4.73. The minimum absolute atomic E-state index is 0.627. The fourth-order valence-corrected chi connectivity index (χ4v) is 7.97. The molecule has 0 spiro atoms. The second kappa shape index (κ2) is 11.7. The van der Waals surface area contributed by atoms with Gasteiger partial charge in [-0.1, -0.05) is 158 Å². The molecule has 0 N–H and O–H groups in total. The van der Waals surface area contributed by atoms with Gasteiger partial charge in [0.05, 0.1) is 0 Å². The number of aromatic nitrogens is 3. The average molecular weight is 676 g/mol. The molecule has 0 radical (unpaired) electrons. The first-order chi connectivity index (χ1) is 26.3. The predicted octanol–water partition coefficient (Wildman–Crippen LogP) is 12.9. The van der Waals surface area contributed by atoms with Crippen molar-refractivity contribution in [2.45, 2.75) is 0 Å². The molecule has 0 saturated heterocycles. The highest BCUT2D eigenvalue weighted by molar-refractivity contribution is 6.26. The van der Waals surface area contributed by atoms with Gasteiger partial charge in [-0.3, -0.25) is 0 Å². The normalized spacial score (nSPS) is 11.9. The van der Waals surface area contributed by atoms with Crippen LogP contribution in [0, 0.1) is 0 Å². The number of hydrogen-bond acceptors (Lipinski definition) is 4. The van der Waals surface area contributed by atoms with Crippen molar-refractivity contribution in [3.8, 4) is 67.9 Å². The second-order valence-electron chi connectivity index (χ2n) is 13.5. The summed E-state index contributed by atoms with van der Waals surface area (Å²) in [7, 11) is 0. The van der Waals surface area contributed by atoms with Gasteiger partial charge in [-0.25, -0.2) is 15.0 Å². The summed E-state index contributed by atoms with van der Waals surface area (Å²) in [5, 5.41) is 9.32. The van der Waals surface area contributed by atoms with Gasteiger partial charge < -0.3 is 4.74 Å². The highest BCUT2D eigenvalue weighted by Gasteiger charge is 2.24. The van der Waals surface area contributed by atoms with Crippen molar-refractivity contribution in [3.63, 3.8) is 0 Å². The minimum Gasteiger partial charge on any atom is -0.455 e. The molecule has 1 aliphatic heterocycles. The van der Waals surface area contributed by atoms with Gasteiger partial charge in [0.15, 0.2) is 17.5 Å². The molecule has 1 aromatic heterocycles. The van der Waals surface area contributed by atoms with Gasteiger partial charge in [-0.05, 0) is 61.8 Å². The molecule has 4 heteroatoms. The van der Waals surface area contributed by atoms with E-state index in [9.17, 15) is 0 Å². The number of nitrogens with zero attached hydrogens (tertiary/aromatic N) is 3. The van der Waals surface area contributed by atoms with Gasteiger partial charge in [0.1, 0.15) is 11.5 Å². The fraction of sp³-hybridized carbons (Fsp3) is 0. The van der Waals surface area contributed by atoms with Crippen molar-refractivity contribution in [1.82, 2.24) is 15.0 Å². The maximum Gasteiger partial charge on any atom is 0.164 e. The summed E-state index contributed by atoms with van der Waals surface area (Å²) in [6.07, 6.45) is 0. The highest BCUT2D eigenvalue weighted by atomic mass is 16.5. The zero-order valence-electron chi connectivity index (χ0n) is 28.5. The lowest BCUT2D eigenvalue weighted by Gasteiger charge is -2.23. The Kier molecular flexibility index (Phi) is 6.52. The third-order valence-electron chi connectivity index (χ3n) is 10.5. The molecule has 2 heterocycles. The Bertz CT molecular complexity index is 3060. The Hall–Kier alpha value is -7.17. The SMILES string of the molecule is c1ccc(-c2ccc(-c3nc(-c4ccccc4)nc(-c4ccc(-c5ccc6ccc7ccc8cccc9c8c7c6c5O9)c5ccccc45)n3)cc2)cc1. The summed E-state index contributed by atoms with van der Waals surface area (Å²) < 4.78 is 6.87. The Morgan fingerprint density at radius 3 is 1.51 bits per heavy atom. The molecule has 0 unspecified atom stereocenters. The Morgan fingerprint density at radius 1 is 0.302 bits per heavy atom. The standard InChI is InChI=1S/C49H29N3O/c1-3-10-30(11-4-1)31-18-24-36(25-19-31)48-50-47(35-12-5-2-6-13-35)51-49(52-48)41-29-28-39(37-15-7-8-16-38(37)41)40-27-26-34-23-22-33-21-20-32-14-9-17-42-43(32)44(33)45(34)46(40)53-42/h1-29H. The van der Waals surface area contributed by atoms with Crippen LogP contribution in [-0.4, -0.2) is 15.0 Å². The zero-order valence-corrected chi connectivity index (χ0v) is 28.5. The van der Waals surface area contributed by atoms with Crippen molar-refractivity contribution in [2.75, 3.05) is 0 Å². The summed E-state index contributed by atoms with van der Waals surface area (Å²) >= 11 is 0. The number of fused-ring (bicyclic) bond motifs is 1. The first-order valence-corrected chi connectivity index (χ1v) is 17.9. The van der Waals surface area contributed by atoms with Crippen LogP contribution in [0.15, 0.2) is 176 Å². The van der Waals surface area contributed by atoms with Crippen LogP contribution in [0.25, 0.3) is 99.5 Å². The van der Waals surface area contributed by atoms with E-state index in [2.05, 4.69) is 140 Å². The van der Waals surface area contributed by atoms with Crippen LogP contribution in [0.3, 0.4) is 0 Å². The third-order valence-corrected chi connectivity index (χ3v) is 10.5. The summed E-state index contributed by atoms with van der Waals surface area (Å²) in [6.45, 7) is 0. The first-order valence-electron chi connectivity index (χ1n) is 17.9. The molecule has 53 heavy (non-hydrogen) atoms. The van der Waals surface area contributed by atoms with Crippen LogP contribution in [0.2, 0.25) is 0 Å². The van der Waals surface area contributed by atoms with E-state index in [0.717, 1.165) is 61.0 Å². The molecule has 10 aromatic rings. The minimum atomic E-state index is 0.627. The second-order valence-corrected chi connectivity index (χ2v) is 13.5. The lowest BCUT2D eigenvalue weighted by atomic mass is 9.89. The van der Waals surface area contributed by atoms with Gasteiger partial charge >= 0.3 is 0 Å². The van der Waals surface area contributed by atoms with E-state index in [4.69, 9.17) is 19.7 Å². The van der Waals surface area contributed by atoms with Crippen LogP contribution in [0.5, 0.6) is 11.5 Å². The van der Waals surface area contributed by atoms with Crippen LogP contribution < -0.4 is 4.74 Å². The summed E-state index contributed by atoms with van der Waals surface area (Å²) in [4.78, 5) is 15.3. The average Bonchev–Trinajstić information content (AvgIpc) is 3.24. The molecule has 246 valence electrons. The molecule has 0 bridgehead atoms. The highest BCUT2D eigenvalue weighted by Crippen LogP contribution is 2.51. The van der Waals surface area contributed by atoms with Gasteiger partial charge in [-0.2, -0.15) is 0 Å². The lowest BCUT2D eigenvalue weighted by molar-refractivity contribution is 0.495. The van der Waals surface area contributed by atoms with Crippen LogP contribution in [0.4, 0.5) is 0 Å². The molecular formula is C49H29N3O. The largest absolute Gasteiger partial charge is 0.455 e. The van der Waals surface area contributed by atoms with Crippen LogP contribution in [-0.2, 0) is 0 Å².